The second-order valence-electron chi connectivity index (χ2n) is 11.9. The maximum Gasteiger partial charge on any atom is 0.257 e. The summed E-state index contributed by atoms with van der Waals surface area (Å²) in [4.78, 5) is 31.7. The minimum absolute atomic E-state index is 0.0725. The van der Waals surface area contributed by atoms with Crippen molar-refractivity contribution in [1.82, 2.24) is 9.88 Å². The van der Waals surface area contributed by atoms with E-state index in [4.69, 9.17) is 0 Å². The molecule has 1 heterocycles. The van der Waals surface area contributed by atoms with Gasteiger partial charge < -0.3 is 10.0 Å². The minimum Gasteiger partial charge on any atom is -0.507 e. The average molecular weight is 548 g/mol. The molecule has 0 unspecified atom stereocenters. The van der Waals surface area contributed by atoms with Crippen LogP contribution in [0.1, 0.15) is 93.9 Å². The molecule has 0 radical (unpaired) electrons. The summed E-state index contributed by atoms with van der Waals surface area (Å²) in [7, 11) is 0. The number of thiazole rings is 1. The lowest BCUT2D eigenvalue weighted by Crippen LogP contribution is -2.30. The molecule has 208 valence electrons. The highest BCUT2D eigenvalue weighted by molar-refractivity contribution is 7.13. The van der Waals surface area contributed by atoms with Crippen LogP contribution in [0.5, 0.6) is 5.75 Å². The van der Waals surface area contributed by atoms with E-state index in [0.717, 1.165) is 35.1 Å². The summed E-state index contributed by atoms with van der Waals surface area (Å²) in [6.45, 7) is 15.7. The van der Waals surface area contributed by atoms with E-state index in [1.807, 2.05) is 40.6 Å². The number of hydrogen-bond donors (Lipinski definition) is 2. The van der Waals surface area contributed by atoms with Crippen molar-refractivity contribution in [2.75, 3.05) is 11.9 Å². The Morgan fingerprint density at radius 2 is 1.64 bits per heavy atom. The SMILES string of the molecule is CCCCN(Cc1ccc(C(=O)Nc2nccs2)cc1)C(=O)/C=C\c1cc(C(C)(C)C)c(O)c(C(C)(C)C)c1. The zero-order chi connectivity index (χ0) is 28.8. The van der Waals surface area contributed by atoms with E-state index in [1.165, 1.54) is 11.3 Å². The Morgan fingerprint density at radius 1 is 1.03 bits per heavy atom. The van der Waals surface area contributed by atoms with Gasteiger partial charge in [-0.25, -0.2) is 4.98 Å². The van der Waals surface area contributed by atoms with Crippen LogP contribution in [0.2, 0.25) is 0 Å². The van der Waals surface area contributed by atoms with Crippen LogP contribution in [0.25, 0.3) is 6.08 Å². The summed E-state index contributed by atoms with van der Waals surface area (Å²) in [5.74, 6) is 0.0417. The van der Waals surface area contributed by atoms with Crippen molar-refractivity contribution >= 4 is 34.4 Å². The molecule has 2 aromatic carbocycles. The number of aromatic hydroxyl groups is 1. The molecule has 0 aliphatic heterocycles. The number of carbonyl (C=O) groups is 2. The van der Waals surface area contributed by atoms with Gasteiger partial charge in [-0.15, -0.1) is 11.3 Å². The number of aromatic nitrogens is 1. The molecule has 0 spiro atoms. The summed E-state index contributed by atoms with van der Waals surface area (Å²) in [6.07, 6.45) is 6.99. The summed E-state index contributed by atoms with van der Waals surface area (Å²) in [5.41, 5.74) is 3.63. The number of anilines is 1. The van der Waals surface area contributed by atoms with E-state index in [-0.39, 0.29) is 22.6 Å². The second kappa shape index (κ2) is 12.6. The summed E-state index contributed by atoms with van der Waals surface area (Å²) in [5, 5.41) is 16.2. The van der Waals surface area contributed by atoms with Crippen molar-refractivity contribution in [2.24, 2.45) is 0 Å². The molecule has 0 atom stereocenters. The first-order chi connectivity index (χ1) is 18.3. The van der Waals surface area contributed by atoms with Crippen molar-refractivity contribution in [1.29, 1.82) is 0 Å². The molecule has 0 fully saturated rings. The largest absolute Gasteiger partial charge is 0.507 e. The summed E-state index contributed by atoms with van der Waals surface area (Å²) in [6, 6.07) is 11.3. The number of amides is 2. The normalized spacial score (nSPS) is 12.1. The second-order valence-corrected chi connectivity index (χ2v) is 12.8. The molecule has 39 heavy (non-hydrogen) atoms. The van der Waals surface area contributed by atoms with Crippen LogP contribution < -0.4 is 5.32 Å². The molecule has 0 saturated carbocycles. The quantitative estimate of drug-likeness (QED) is 0.271. The van der Waals surface area contributed by atoms with Crippen molar-refractivity contribution in [3.63, 3.8) is 0 Å². The van der Waals surface area contributed by atoms with Gasteiger partial charge >= 0.3 is 0 Å². The number of carbonyl (C=O) groups excluding carboxylic acids is 2. The van der Waals surface area contributed by atoms with Crippen molar-refractivity contribution in [2.45, 2.75) is 78.7 Å². The van der Waals surface area contributed by atoms with Crippen LogP contribution in [0.3, 0.4) is 0 Å². The highest BCUT2D eigenvalue weighted by Gasteiger charge is 2.26. The first kappa shape index (κ1) is 30.1. The van der Waals surface area contributed by atoms with Crippen LogP contribution in [-0.4, -0.2) is 33.3 Å². The van der Waals surface area contributed by atoms with Crippen molar-refractivity contribution in [3.8, 4) is 5.75 Å². The highest BCUT2D eigenvalue weighted by Crippen LogP contribution is 2.40. The zero-order valence-electron chi connectivity index (χ0n) is 24.2. The van der Waals surface area contributed by atoms with E-state index in [9.17, 15) is 14.7 Å². The van der Waals surface area contributed by atoms with Crippen molar-refractivity contribution < 1.29 is 14.7 Å². The minimum atomic E-state index is -0.242. The monoisotopic (exact) mass is 547 g/mol. The number of phenols is 1. The molecule has 0 aliphatic rings. The molecule has 0 bridgehead atoms. The molecule has 1 aromatic heterocycles. The van der Waals surface area contributed by atoms with Gasteiger partial charge in [-0.3, -0.25) is 14.9 Å². The lowest BCUT2D eigenvalue weighted by molar-refractivity contribution is -0.126. The van der Waals surface area contributed by atoms with Gasteiger partial charge in [-0.1, -0.05) is 67.0 Å². The van der Waals surface area contributed by atoms with Gasteiger partial charge in [0.1, 0.15) is 5.75 Å². The summed E-state index contributed by atoms with van der Waals surface area (Å²) < 4.78 is 0. The molecule has 7 heteroatoms. The molecule has 0 saturated heterocycles. The lowest BCUT2D eigenvalue weighted by atomic mass is 9.78. The Balaban J connectivity index is 1.79. The lowest BCUT2D eigenvalue weighted by Gasteiger charge is -2.28. The van der Waals surface area contributed by atoms with E-state index >= 15 is 0 Å². The number of benzene rings is 2. The number of hydrogen-bond acceptors (Lipinski definition) is 5. The Labute approximate surface area is 236 Å². The Morgan fingerprint density at radius 3 is 2.15 bits per heavy atom. The molecule has 3 aromatic rings. The van der Waals surface area contributed by atoms with E-state index in [2.05, 4.69) is 58.8 Å². The molecular formula is C32H41N3O3S. The third kappa shape index (κ3) is 8.27. The predicted octanol–water partition coefficient (Wildman–Crippen LogP) is 7.54. The van der Waals surface area contributed by atoms with Crippen LogP contribution >= 0.6 is 11.3 Å². The van der Waals surface area contributed by atoms with E-state index in [1.54, 1.807) is 24.4 Å². The topological polar surface area (TPSA) is 82.5 Å². The Bertz CT molecular complexity index is 1260. The number of nitrogens with one attached hydrogen (secondary N) is 1. The summed E-state index contributed by atoms with van der Waals surface area (Å²) >= 11 is 1.37. The average Bonchev–Trinajstić information content (AvgIpc) is 3.37. The zero-order valence-corrected chi connectivity index (χ0v) is 25.0. The van der Waals surface area contributed by atoms with Gasteiger partial charge in [-0.05, 0) is 58.7 Å². The van der Waals surface area contributed by atoms with Crippen LogP contribution in [0.15, 0.2) is 54.1 Å². The first-order valence-corrected chi connectivity index (χ1v) is 14.3. The van der Waals surface area contributed by atoms with Crippen LogP contribution in [0.4, 0.5) is 5.13 Å². The number of phenolic OH excluding ortho intramolecular Hbond substituents is 1. The maximum absolute atomic E-state index is 13.3. The van der Waals surface area contributed by atoms with Gasteiger partial charge in [0, 0.05) is 47.4 Å². The Hall–Kier alpha value is -3.45. The molecular weight excluding hydrogens is 506 g/mol. The third-order valence-corrected chi connectivity index (χ3v) is 7.19. The molecule has 3 rings (SSSR count). The van der Waals surface area contributed by atoms with Gasteiger partial charge in [0.15, 0.2) is 5.13 Å². The van der Waals surface area contributed by atoms with E-state index < -0.39 is 0 Å². The van der Waals surface area contributed by atoms with Gasteiger partial charge in [0.25, 0.3) is 5.91 Å². The fraction of sp³-hybridized carbons (Fsp3) is 0.406. The molecule has 6 nitrogen and oxygen atoms in total. The van der Waals surface area contributed by atoms with Gasteiger partial charge in [-0.2, -0.15) is 0 Å². The molecule has 0 aliphatic carbocycles. The maximum atomic E-state index is 13.3. The Kier molecular flexibility index (Phi) is 9.73. The molecule has 2 amide bonds. The number of rotatable bonds is 9. The standard InChI is InChI=1S/C32H41N3O3S/c1-8-9-17-35(21-22-10-13-24(14-11-22)29(38)34-30-33-16-18-39-30)27(36)15-12-23-19-25(31(2,3)4)28(37)26(20-23)32(5,6)7/h10-16,18-20,37H,8-9,17,21H2,1-7H3,(H,33,34,38)/b15-12-. The van der Waals surface area contributed by atoms with E-state index in [0.29, 0.717) is 29.5 Å². The van der Waals surface area contributed by atoms with Gasteiger partial charge in [0.05, 0.1) is 0 Å². The van der Waals surface area contributed by atoms with Gasteiger partial charge in [0.2, 0.25) is 5.91 Å². The van der Waals surface area contributed by atoms with Crippen LogP contribution in [0, 0.1) is 0 Å². The third-order valence-electron chi connectivity index (χ3n) is 6.50. The smallest absolute Gasteiger partial charge is 0.257 e. The highest BCUT2D eigenvalue weighted by atomic mass is 32.1. The number of nitrogens with zero attached hydrogens (tertiary/aromatic N) is 2. The van der Waals surface area contributed by atoms with Crippen molar-refractivity contribution in [3.05, 3.63) is 81.9 Å². The molecule has 2 N–H and O–H groups in total. The predicted molar refractivity (Wildman–Crippen MR) is 161 cm³/mol. The van der Waals surface area contributed by atoms with Crippen LogP contribution in [-0.2, 0) is 22.2 Å². The fourth-order valence-electron chi connectivity index (χ4n) is 4.22. The number of unbranched alkanes of at least 4 members (excludes halogenated alkanes) is 1. The first-order valence-electron chi connectivity index (χ1n) is 13.4. The fourth-order valence-corrected chi connectivity index (χ4v) is 4.75.